The summed E-state index contributed by atoms with van der Waals surface area (Å²) in [6.07, 6.45) is 4.86. The first-order chi connectivity index (χ1) is 11.1. The molecule has 0 amide bonds. The number of nitrogens with one attached hydrogen (secondary N) is 1. The van der Waals surface area contributed by atoms with E-state index in [-0.39, 0.29) is 0 Å². The van der Waals surface area contributed by atoms with Gasteiger partial charge < -0.3 is 10.4 Å². The second-order valence-corrected chi connectivity index (χ2v) is 5.84. The van der Waals surface area contributed by atoms with Gasteiger partial charge in [0.2, 0.25) is 0 Å². The predicted molar refractivity (Wildman–Crippen MR) is 92.0 cm³/mol. The predicted octanol–water partition coefficient (Wildman–Crippen LogP) is 3.73. The molecule has 2 rings (SSSR count). The normalized spacial score (nSPS) is 11.4. The van der Waals surface area contributed by atoms with Crippen molar-refractivity contribution in [1.82, 2.24) is 10.3 Å². The van der Waals surface area contributed by atoms with E-state index in [0.29, 0.717) is 25.9 Å². The summed E-state index contributed by atoms with van der Waals surface area (Å²) in [6, 6.07) is 12.2. The summed E-state index contributed by atoms with van der Waals surface area (Å²) >= 11 is 0. The van der Waals surface area contributed by atoms with Crippen LogP contribution in [0.25, 0.3) is 11.1 Å². The first kappa shape index (κ1) is 17.2. The molecule has 1 heterocycles. The van der Waals surface area contributed by atoms with Crippen molar-refractivity contribution in [2.24, 2.45) is 5.41 Å². The first-order valence-corrected chi connectivity index (χ1v) is 8.05. The van der Waals surface area contributed by atoms with E-state index in [0.717, 1.165) is 16.7 Å². The average molecular weight is 312 g/mol. The highest BCUT2D eigenvalue weighted by molar-refractivity contribution is 5.74. The topological polar surface area (TPSA) is 62.2 Å². The van der Waals surface area contributed by atoms with Gasteiger partial charge in [-0.15, -0.1) is 0 Å². The van der Waals surface area contributed by atoms with Gasteiger partial charge in [-0.2, -0.15) is 0 Å². The maximum Gasteiger partial charge on any atom is 0.310 e. The number of aromatic nitrogens is 1. The second kappa shape index (κ2) is 7.88. The number of rotatable bonds is 8. The summed E-state index contributed by atoms with van der Waals surface area (Å²) in [5.74, 6) is -0.723. The SMILES string of the molecule is CCC(CC)(CNCc1cccc(-c2cccnc2)c1)C(=O)O. The number of pyridine rings is 1. The molecule has 122 valence electrons. The minimum atomic E-state index is -0.723. The van der Waals surface area contributed by atoms with Gasteiger partial charge in [-0.05, 0) is 41.7 Å². The lowest BCUT2D eigenvalue weighted by molar-refractivity contribution is -0.149. The van der Waals surface area contributed by atoms with Gasteiger partial charge in [-0.1, -0.05) is 38.1 Å². The third-order valence-electron chi connectivity index (χ3n) is 4.52. The Labute approximate surface area is 137 Å². The maximum atomic E-state index is 11.5. The highest BCUT2D eigenvalue weighted by Crippen LogP contribution is 2.26. The van der Waals surface area contributed by atoms with Crippen molar-refractivity contribution in [1.29, 1.82) is 0 Å². The molecule has 4 heteroatoms. The second-order valence-electron chi connectivity index (χ2n) is 5.84. The number of nitrogens with zero attached hydrogens (tertiary/aromatic N) is 1. The summed E-state index contributed by atoms with van der Waals surface area (Å²) in [6.45, 7) is 5.00. The number of carboxylic acids is 1. The van der Waals surface area contributed by atoms with Gasteiger partial charge in [0.25, 0.3) is 0 Å². The van der Waals surface area contributed by atoms with Crippen LogP contribution in [-0.2, 0) is 11.3 Å². The van der Waals surface area contributed by atoms with Crippen LogP contribution < -0.4 is 5.32 Å². The van der Waals surface area contributed by atoms with E-state index in [4.69, 9.17) is 0 Å². The quantitative estimate of drug-likeness (QED) is 0.779. The summed E-state index contributed by atoms with van der Waals surface area (Å²) < 4.78 is 0. The lowest BCUT2D eigenvalue weighted by Gasteiger charge is -2.27. The molecule has 0 saturated heterocycles. The third-order valence-corrected chi connectivity index (χ3v) is 4.52. The molecule has 0 fully saturated rings. The summed E-state index contributed by atoms with van der Waals surface area (Å²) in [7, 11) is 0. The fourth-order valence-corrected chi connectivity index (χ4v) is 2.72. The fraction of sp³-hybridized carbons (Fsp3) is 0.368. The van der Waals surface area contributed by atoms with Gasteiger partial charge in [-0.3, -0.25) is 9.78 Å². The largest absolute Gasteiger partial charge is 0.481 e. The zero-order valence-electron chi connectivity index (χ0n) is 13.7. The van der Waals surface area contributed by atoms with Crippen molar-refractivity contribution in [2.75, 3.05) is 6.54 Å². The van der Waals surface area contributed by atoms with Crippen LogP contribution in [-0.4, -0.2) is 22.6 Å². The number of hydrogen-bond donors (Lipinski definition) is 2. The van der Waals surface area contributed by atoms with Gasteiger partial charge in [0.15, 0.2) is 0 Å². The van der Waals surface area contributed by atoms with Crippen LogP contribution in [0, 0.1) is 5.41 Å². The minimum Gasteiger partial charge on any atom is -0.481 e. The Morgan fingerprint density at radius 2 is 1.91 bits per heavy atom. The van der Waals surface area contributed by atoms with Crippen LogP contribution in [0.15, 0.2) is 48.8 Å². The van der Waals surface area contributed by atoms with Crippen molar-refractivity contribution < 1.29 is 9.90 Å². The average Bonchev–Trinajstić information content (AvgIpc) is 2.60. The van der Waals surface area contributed by atoms with Crippen molar-refractivity contribution in [3.63, 3.8) is 0 Å². The minimum absolute atomic E-state index is 0.479. The molecule has 2 aromatic rings. The van der Waals surface area contributed by atoms with Crippen LogP contribution in [0.2, 0.25) is 0 Å². The van der Waals surface area contributed by atoms with Gasteiger partial charge in [-0.25, -0.2) is 0 Å². The molecule has 0 atom stereocenters. The van der Waals surface area contributed by atoms with Gasteiger partial charge in [0.1, 0.15) is 0 Å². The van der Waals surface area contributed by atoms with E-state index in [1.54, 1.807) is 6.20 Å². The number of benzene rings is 1. The van der Waals surface area contributed by atoms with Gasteiger partial charge >= 0.3 is 5.97 Å². The van der Waals surface area contributed by atoms with Crippen molar-refractivity contribution >= 4 is 5.97 Å². The third kappa shape index (κ3) is 4.17. The maximum absolute atomic E-state index is 11.5. The van der Waals surface area contributed by atoms with E-state index in [2.05, 4.69) is 22.4 Å². The number of hydrogen-bond acceptors (Lipinski definition) is 3. The summed E-state index contributed by atoms with van der Waals surface area (Å²) in [5.41, 5.74) is 2.66. The molecule has 0 radical (unpaired) electrons. The van der Waals surface area contributed by atoms with Crippen LogP contribution in [0.4, 0.5) is 0 Å². The molecular formula is C19H24N2O2. The van der Waals surface area contributed by atoms with Crippen LogP contribution in [0.3, 0.4) is 0 Å². The highest BCUT2D eigenvalue weighted by atomic mass is 16.4. The van der Waals surface area contributed by atoms with E-state index in [1.165, 1.54) is 0 Å². The lowest BCUT2D eigenvalue weighted by Crippen LogP contribution is -2.40. The molecule has 0 unspecified atom stereocenters. The number of aliphatic carboxylic acids is 1. The lowest BCUT2D eigenvalue weighted by atomic mass is 9.82. The highest BCUT2D eigenvalue weighted by Gasteiger charge is 2.34. The van der Waals surface area contributed by atoms with Crippen LogP contribution in [0.1, 0.15) is 32.3 Å². The van der Waals surface area contributed by atoms with E-state index in [1.807, 2.05) is 44.3 Å². The van der Waals surface area contributed by atoms with E-state index < -0.39 is 11.4 Å². The molecule has 4 nitrogen and oxygen atoms in total. The molecule has 1 aromatic carbocycles. The van der Waals surface area contributed by atoms with Crippen molar-refractivity contribution in [2.45, 2.75) is 33.2 Å². The Morgan fingerprint density at radius 3 is 2.52 bits per heavy atom. The molecule has 23 heavy (non-hydrogen) atoms. The van der Waals surface area contributed by atoms with Gasteiger partial charge in [0.05, 0.1) is 5.41 Å². The Bertz CT molecular complexity index is 637. The standard InChI is InChI=1S/C19H24N2O2/c1-3-19(4-2,18(22)23)14-21-12-15-7-5-8-16(11-15)17-9-6-10-20-13-17/h5-11,13,21H,3-4,12,14H2,1-2H3,(H,22,23). The Morgan fingerprint density at radius 1 is 1.17 bits per heavy atom. The molecule has 2 N–H and O–H groups in total. The molecular weight excluding hydrogens is 288 g/mol. The van der Waals surface area contributed by atoms with E-state index in [9.17, 15) is 9.90 Å². The summed E-state index contributed by atoms with van der Waals surface area (Å²) in [5, 5.41) is 12.8. The van der Waals surface area contributed by atoms with Crippen LogP contribution in [0.5, 0.6) is 0 Å². The number of carboxylic acid groups (broad SMARTS) is 1. The Balaban J connectivity index is 2.03. The molecule has 1 aromatic heterocycles. The molecule has 0 aliphatic carbocycles. The smallest absolute Gasteiger partial charge is 0.310 e. The Hall–Kier alpha value is -2.20. The molecule has 0 aliphatic heterocycles. The van der Waals surface area contributed by atoms with Crippen LogP contribution >= 0.6 is 0 Å². The summed E-state index contributed by atoms with van der Waals surface area (Å²) in [4.78, 5) is 15.7. The molecule has 0 bridgehead atoms. The zero-order valence-corrected chi connectivity index (χ0v) is 13.7. The molecule has 0 spiro atoms. The molecule has 0 aliphatic rings. The fourth-order valence-electron chi connectivity index (χ4n) is 2.72. The zero-order chi connectivity index (χ0) is 16.7. The van der Waals surface area contributed by atoms with Crippen molar-refractivity contribution in [3.8, 4) is 11.1 Å². The monoisotopic (exact) mass is 312 g/mol. The first-order valence-electron chi connectivity index (χ1n) is 8.05. The van der Waals surface area contributed by atoms with E-state index >= 15 is 0 Å². The molecule has 0 saturated carbocycles. The number of carbonyl (C=O) groups is 1. The Kier molecular flexibility index (Phi) is 5.88. The van der Waals surface area contributed by atoms with Crippen molar-refractivity contribution in [3.05, 3.63) is 54.4 Å². The van der Waals surface area contributed by atoms with Gasteiger partial charge in [0, 0.05) is 25.5 Å².